The third-order valence-corrected chi connectivity index (χ3v) is 3.84. The Morgan fingerprint density at radius 3 is 2.40 bits per heavy atom. The maximum Gasteiger partial charge on any atom is 0.0740 e. The van der Waals surface area contributed by atoms with Gasteiger partial charge in [-0.15, -0.1) is 0 Å². The van der Waals surface area contributed by atoms with Gasteiger partial charge in [0.15, 0.2) is 0 Å². The van der Waals surface area contributed by atoms with Crippen molar-refractivity contribution in [2.24, 2.45) is 11.8 Å². The lowest BCUT2D eigenvalue weighted by molar-refractivity contribution is 0.0542. The monoisotopic (exact) mass is 213 g/mol. The van der Waals surface area contributed by atoms with Crippen LogP contribution < -0.4 is 5.32 Å². The zero-order valence-corrected chi connectivity index (χ0v) is 10.6. The van der Waals surface area contributed by atoms with E-state index in [1.807, 2.05) is 13.8 Å². The van der Waals surface area contributed by atoms with Gasteiger partial charge in [-0.05, 0) is 44.6 Å². The summed E-state index contributed by atoms with van der Waals surface area (Å²) in [6.45, 7) is 8.11. The Balaban J connectivity index is 2.10. The fourth-order valence-corrected chi connectivity index (χ4v) is 2.20. The van der Waals surface area contributed by atoms with Gasteiger partial charge in [-0.25, -0.2) is 0 Å². The molecule has 0 radical (unpaired) electrons. The van der Waals surface area contributed by atoms with Crippen LogP contribution in [0.2, 0.25) is 0 Å². The summed E-state index contributed by atoms with van der Waals surface area (Å²) in [4.78, 5) is 0. The molecule has 2 N–H and O–H groups in total. The summed E-state index contributed by atoms with van der Waals surface area (Å²) >= 11 is 0. The van der Waals surface area contributed by atoms with Crippen LogP contribution in [0.4, 0.5) is 0 Å². The minimum Gasteiger partial charge on any atom is -0.389 e. The molecule has 1 rings (SSSR count). The smallest absolute Gasteiger partial charge is 0.0740 e. The van der Waals surface area contributed by atoms with Gasteiger partial charge in [-0.3, -0.25) is 0 Å². The van der Waals surface area contributed by atoms with Gasteiger partial charge < -0.3 is 10.4 Å². The Bertz CT molecular complexity index is 171. The second-order valence-electron chi connectivity index (χ2n) is 5.61. The van der Waals surface area contributed by atoms with Crippen LogP contribution in [0.25, 0.3) is 0 Å². The van der Waals surface area contributed by atoms with Gasteiger partial charge >= 0.3 is 0 Å². The molecule has 15 heavy (non-hydrogen) atoms. The lowest BCUT2D eigenvalue weighted by Gasteiger charge is -2.28. The van der Waals surface area contributed by atoms with Crippen molar-refractivity contribution in [2.45, 2.75) is 58.5 Å². The summed E-state index contributed by atoms with van der Waals surface area (Å²) in [7, 11) is 0. The number of hydrogen-bond donors (Lipinski definition) is 2. The van der Waals surface area contributed by atoms with Gasteiger partial charge in [0.1, 0.15) is 0 Å². The molecule has 2 nitrogen and oxygen atoms in total. The molecule has 0 aromatic rings. The molecule has 1 aliphatic carbocycles. The van der Waals surface area contributed by atoms with Crippen LogP contribution in [-0.4, -0.2) is 23.8 Å². The van der Waals surface area contributed by atoms with Crippen LogP contribution in [0.5, 0.6) is 0 Å². The predicted molar refractivity (Wildman–Crippen MR) is 64.9 cm³/mol. The highest BCUT2D eigenvalue weighted by Gasteiger charge is 2.20. The summed E-state index contributed by atoms with van der Waals surface area (Å²) in [5.74, 6) is 1.77. The van der Waals surface area contributed by atoms with Gasteiger partial charge in [-0.1, -0.05) is 26.7 Å². The molecule has 0 bridgehead atoms. The second kappa shape index (κ2) is 5.86. The van der Waals surface area contributed by atoms with Crippen molar-refractivity contribution in [3.8, 4) is 0 Å². The Morgan fingerprint density at radius 1 is 1.27 bits per heavy atom. The van der Waals surface area contributed by atoms with Crippen LogP contribution in [0, 0.1) is 11.8 Å². The molecular formula is C13H27NO. The number of aliphatic hydroxyl groups is 1. The first kappa shape index (κ1) is 13.0. The highest BCUT2D eigenvalue weighted by Crippen LogP contribution is 2.27. The topological polar surface area (TPSA) is 32.3 Å². The SMILES string of the molecule is CCC(C)(O)CNCC1CCC(C)CC1. The highest BCUT2D eigenvalue weighted by molar-refractivity contribution is 4.76. The fraction of sp³-hybridized carbons (Fsp3) is 1.00. The number of nitrogens with one attached hydrogen (secondary N) is 1. The molecule has 1 saturated carbocycles. The molecule has 0 saturated heterocycles. The first-order chi connectivity index (χ1) is 7.03. The van der Waals surface area contributed by atoms with E-state index in [0.29, 0.717) is 0 Å². The minimum absolute atomic E-state index is 0.526. The van der Waals surface area contributed by atoms with Gasteiger partial charge in [0, 0.05) is 6.54 Å². The van der Waals surface area contributed by atoms with Crippen molar-refractivity contribution in [1.29, 1.82) is 0 Å². The zero-order valence-electron chi connectivity index (χ0n) is 10.6. The summed E-state index contributed by atoms with van der Waals surface area (Å²) in [5, 5.41) is 13.2. The molecule has 0 aromatic carbocycles. The van der Waals surface area contributed by atoms with E-state index in [-0.39, 0.29) is 0 Å². The van der Waals surface area contributed by atoms with Crippen LogP contribution >= 0.6 is 0 Å². The van der Waals surface area contributed by atoms with Gasteiger partial charge in [0.25, 0.3) is 0 Å². The Morgan fingerprint density at radius 2 is 1.87 bits per heavy atom. The van der Waals surface area contributed by atoms with E-state index in [4.69, 9.17) is 0 Å². The molecule has 0 amide bonds. The molecular weight excluding hydrogens is 186 g/mol. The van der Waals surface area contributed by atoms with Gasteiger partial charge in [0.05, 0.1) is 5.60 Å². The zero-order chi connectivity index (χ0) is 11.3. The van der Waals surface area contributed by atoms with Crippen molar-refractivity contribution < 1.29 is 5.11 Å². The van der Waals surface area contributed by atoms with E-state index in [2.05, 4.69) is 12.2 Å². The van der Waals surface area contributed by atoms with E-state index < -0.39 is 5.60 Å². The summed E-state index contributed by atoms with van der Waals surface area (Å²) in [6.07, 6.45) is 6.32. The van der Waals surface area contributed by atoms with Crippen molar-refractivity contribution in [3.05, 3.63) is 0 Å². The molecule has 2 heteroatoms. The predicted octanol–water partition coefficient (Wildman–Crippen LogP) is 2.56. The lowest BCUT2D eigenvalue weighted by atomic mass is 9.83. The largest absolute Gasteiger partial charge is 0.389 e. The number of hydrogen-bond acceptors (Lipinski definition) is 2. The fourth-order valence-electron chi connectivity index (χ4n) is 2.20. The molecule has 1 aliphatic rings. The maximum atomic E-state index is 9.83. The van der Waals surface area contributed by atoms with E-state index in [1.165, 1.54) is 25.7 Å². The Labute approximate surface area is 94.5 Å². The maximum absolute atomic E-state index is 9.83. The van der Waals surface area contributed by atoms with Crippen LogP contribution in [0.3, 0.4) is 0 Å². The number of rotatable bonds is 5. The normalized spacial score (nSPS) is 31.2. The van der Waals surface area contributed by atoms with E-state index >= 15 is 0 Å². The molecule has 0 spiro atoms. The average molecular weight is 213 g/mol. The molecule has 1 atom stereocenters. The standard InChI is InChI=1S/C13H27NO/c1-4-13(3,15)10-14-9-12-7-5-11(2)6-8-12/h11-12,14-15H,4-10H2,1-3H3. The van der Waals surface area contributed by atoms with Crippen LogP contribution in [0.15, 0.2) is 0 Å². The van der Waals surface area contributed by atoms with E-state index in [0.717, 1.165) is 31.3 Å². The summed E-state index contributed by atoms with van der Waals surface area (Å²) in [6, 6.07) is 0. The second-order valence-corrected chi connectivity index (χ2v) is 5.61. The first-order valence-electron chi connectivity index (χ1n) is 6.46. The molecule has 0 heterocycles. The summed E-state index contributed by atoms with van der Waals surface area (Å²) in [5.41, 5.74) is -0.526. The molecule has 0 aliphatic heterocycles. The summed E-state index contributed by atoms with van der Waals surface area (Å²) < 4.78 is 0. The molecule has 0 aromatic heterocycles. The quantitative estimate of drug-likeness (QED) is 0.735. The van der Waals surface area contributed by atoms with Gasteiger partial charge in [-0.2, -0.15) is 0 Å². The highest BCUT2D eigenvalue weighted by atomic mass is 16.3. The van der Waals surface area contributed by atoms with Crippen LogP contribution in [0.1, 0.15) is 52.9 Å². The average Bonchev–Trinajstić information content (AvgIpc) is 2.21. The van der Waals surface area contributed by atoms with Gasteiger partial charge in [0.2, 0.25) is 0 Å². The van der Waals surface area contributed by atoms with Crippen molar-refractivity contribution >= 4 is 0 Å². The Kier molecular flexibility index (Phi) is 5.07. The molecule has 90 valence electrons. The van der Waals surface area contributed by atoms with E-state index in [1.54, 1.807) is 0 Å². The van der Waals surface area contributed by atoms with Crippen molar-refractivity contribution in [2.75, 3.05) is 13.1 Å². The third-order valence-electron chi connectivity index (χ3n) is 3.84. The van der Waals surface area contributed by atoms with E-state index in [9.17, 15) is 5.11 Å². The molecule has 1 unspecified atom stereocenters. The van der Waals surface area contributed by atoms with Crippen molar-refractivity contribution in [3.63, 3.8) is 0 Å². The minimum atomic E-state index is -0.526. The van der Waals surface area contributed by atoms with Crippen molar-refractivity contribution in [1.82, 2.24) is 5.32 Å². The van der Waals surface area contributed by atoms with Crippen LogP contribution in [-0.2, 0) is 0 Å². The Hall–Kier alpha value is -0.0800. The lowest BCUT2D eigenvalue weighted by Crippen LogP contribution is -2.39. The first-order valence-corrected chi connectivity index (χ1v) is 6.46. The third kappa shape index (κ3) is 4.98. The molecule has 1 fully saturated rings.